The first-order chi connectivity index (χ1) is 8.11. The molecule has 1 rings (SSSR count). The quantitative estimate of drug-likeness (QED) is 0.767. The number of rotatable bonds is 7. The predicted octanol–water partition coefficient (Wildman–Crippen LogP) is 1.02. The summed E-state index contributed by atoms with van der Waals surface area (Å²) in [6, 6.07) is 5.82. The molecule has 17 heavy (non-hydrogen) atoms. The molecule has 0 bridgehead atoms. The summed E-state index contributed by atoms with van der Waals surface area (Å²) >= 11 is 1.28. The van der Waals surface area contributed by atoms with Gasteiger partial charge in [0.25, 0.3) is 0 Å². The van der Waals surface area contributed by atoms with Gasteiger partial charge in [-0.25, -0.2) is 4.39 Å². The van der Waals surface area contributed by atoms with Crippen LogP contribution in [0.1, 0.15) is 5.56 Å². The van der Waals surface area contributed by atoms with E-state index in [1.54, 1.807) is 12.1 Å². The SMILES string of the molecule is O=C(CSCC(O)CO)Cc1ccc(F)cc1. The third-order valence-corrected chi connectivity index (χ3v) is 3.25. The molecule has 0 fully saturated rings. The second-order valence-corrected chi connectivity index (χ2v) is 4.72. The second kappa shape index (κ2) is 7.42. The molecule has 0 aromatic heterocycles. The number of benzene rings is 1. The van der Waals surface area contributed by atoms with Crippen LogP contribution in [0.2, 0.25) is 0 Å². The molecule has 0 aliphatic carbocycles. The lowest BCUT2D eigenvalue weighted by Crippen LogP contribution is -2.16. The monoisotopic (exact) mass is 258 g/mol. The maximum absolute atomic E-state index is 12.6. The normalized spacial score (nSPS) is 12.4. The Morgan fingerprint density at radius 2 is 2.00 bits per heavy atom. The molecule has 0 aliphatic rings. The summed E-state index contributed by atoms with van der Waals surface area (Å²) in [5.74, 6) is 0.327. The molecule has 5 heteroatoms. The number of thioether (sulfide) groups is 1. The van der Waals surface area contributed by atoms with Crippen molar-refractivity contribution < 1.29 is 19.4 Å². The first-order valence-corrected chi connectivity index (χ1v) is 6.40. The van der Waals surface area contributed by atoms with Crippen LogP contribution in [-0.2, 0) is 11.2 Å². The van der Waals surface area contributed by atoms with Crippen molar-refractivity contribution in [2.24, 2.45) is 0 Å². The minimum Gasteiger partial charge on any atom is -0.394 e. The van der Waals surface area contributed by atoms with Gasteiger partial charge in [-0.2, -0.15) is 11.8 Å². The molecule has 0 saturated heterocycles. The number of ketones is 1. The Labute approximate surface area is 104 Å². The number of Topliss-reactive ketones (excluding diaryl/α,β-unsaturated/α-hetero) is 1. The zero-order valence-electron chi connectivity index (χ0n) is 9.30. The minimum absolute atomic E-state index is 0.0201. The standard InChI is InChI=1S/C12H15FO3S/c13-10-3-1-9(2-4-10)5-11(15)7-17-8-12(16)6-14/h1-4,12,14,16H,5-8H2. The van der Waals surface area contributed by atoms with Crippen molar-refractivity contribution in [3.8, 4) is 0 Å². The predicted molar refractivity (Wildman–Crippen MR) is 65.5 cm³/mol. The van der Waals surface area contributed by atoms with Crippen molar-refractivity contribution in [1.82, 2.24) is 0 Å². The fourth-order valence-corrected chi connectivity index (χ4v) is 2.07. The molecule has 0 aliphatic heterocycles. The smallest absolute Gasteiger partial charge is 0.147 e. The Hall–Kier alpha value is -0.910. The maximum atomic E-state index is 12.6. The molecular weight excluding hydrogens is 243 g/mol. The molecule has 2 N–H and O–H groups in total. The maximum Gasteiger partial charge on any atom is 0.147 e. The van der Waals surface area contributed by atoms with E-state index >= 15 is 0 Å². The molecule has 0 heterocycles. The number of aliphatic hydroxyl groups is 2. The van der Waals surface area contributed by atoms with Crippen LogP contribution >= 0.6 is 11.8 Å². The van der Waals surface area contributed by atoms with E-state index in [9.17, 15) is 9.18 Å². The Balaban J connectivity index is 2.27. The molecule has 3 nitrogen and oxygen atoms in total. The summed E-state index contributed by atoms with van der Waals surface area (Å²) in [5, 5.41) is 17.6. The highest BCUT2D eigenvalue weighted by Crippen LogP contribution is 2.08. The molecule has 94 valence electrons. The second-order valence-electron chi connectivity index (χ2n) is 3.69. The first-order valence-electron chi connectivity index (χ1n) is 5.24. The van der Waals surface area contributed by atoms with Gasteiger partial charge in [0.1, 0.15) is 11.6 Å². The van der Waals surface area contributed by atoms with Crippen LogP contribution in [0.3, 0.4) is 0 Å². The first kappa shape index (κ1) is 14.2. The van der Waals surface area contributed by atoms with Gasteiger partial charge in [0.15, 0.2) is 0 Å². The topological polar surface area (TPSA) is 57.5 Å². The number of carbonyl (C=O) groups excluding carboxylic acids is 1. The summed E-state index contributed by atoms with van der Waals surface area (Å²) in [6.45, 7) is -0.293. The van der Waals surface area contributed by atoms with Gasteiger partial charge in [-0.15, -0.1) is 0 Å². The van der Waals surface area contributed by atoms with Gasteiger partial charge in [-0.3, -0.25) is 4.79 Å². The lowest BCUT2D eigenvalue weighted by atomic mass is 10.1. The summed E-state index contributed by atoms with van der Waals surface area (Å²) in [7, 11) is 0. The van der Waals surface area contributed by atoms with E-state index in [0.29, 0.717) is 5.75 Å². The lowest BCUT2D eigenvalue weighted by Gasteiger charge is -2.06. The van der Waals surface area contributed by atoms with Gasteiger partial charge in [0, 0.05) is 12.2 Å². The molecule has 0 saturated carbocycles. The molecule has 1 aromatic rings. The number of carbonyl (C=O) groups is 1. The number of hydrogen-bond acceptors (Lipinski definition) is 4. The zero-order chi connectivity index (χ0) is 12.7. The number of halogens is 1. The third kappa shape index (κ3) is 5.81. The van der Waals surface area contributed by atoms with Crippen LogP contribution in [0.15, 0.2) is 24.3 Å². The van der Waals surface area contributed by atoms with E-state index < -0.39 is 6.10 Å². The molecule has 0 spiro atoms. The summed E-state index contributed by atoms with van der Waals surface area (Å²) in [6.07, 6.45) is -0.513. The van der Waals surface area contributed by atoms with Gasteiger partial charge in [-0.05, 0) is 17.7 Å². The van der Waals surface area contributed by atoms with Gasteiger partial charge in [0.05, 0.1) is 18.5 Å². The highest BCUT2D eigenvalue weighted by atomic mass is 32.2. The fraction of sp³-hybridized carbons (Fsp3) is 0.417. The van der Waals surface area contributed by atoms with E-state index in [2.05, 4.69) is 0 Å². The molecular formula is C12H15FO3S. The van der Waals surface area contributed by atoms with Crippen molar-refractivity contribution in [2.75, 3.05) is 18.1 Å². The largest absolute Gasteiger partial charge is 0.394 e. The number of hydrogen-bond donors (Lipinski definition) is 2. The van der Waals surface area contributed by atoms with E-state index in [1.807, 2.05) is 0 Å². The molecule has 0 amide bonds. The molecule has 0 radical (unpaired) electrons. The zero-order valence-corrected chi connectivity index (χ0v) is 10.1. The average Bonchev–Trinajstić information content (AvgIpc) is 2.32. The van der Waals surface area contributed by atoms with Gasteiger partial charge in [-0.1, -0.05) is 12.1 Å². The Kier molecular flexibility index (Phi) is 6.18. The van der Waals surface area contributed by atoms with Crippen molar-refractivity contribution in [1.29, 1.82) is 0 Å². The van der Waals surface area contributed by atoms with Crippen molar-refractivity contribution in [3.05, 3.63) is 35.6 Å². The minimum atomic E-state index is -0.779. The van der Waals surface area contributed by atoms with Crippen molar-refractivity contribution in [3.63, 3.8) is 0 Å². The van der Waals surface area contributed by atoms with E-state index in [-0.39, 0.29) is 30.4 Å². The van der Waals surface area contributed by atoms with Gasteiger partial charge >= 0.3 is 0 Å². The Morgan fingerprint density at radius 3 is 2.59 bits per heavy atom. The van der Waals surface area contributed by atoms with Crippen molar-refractivity contribution in [2.45, 2.75) is 12.5 Å². The van der Waals surface area contributed by atoms with E-state index in [4.69, 9.17) is 10.2 Å². The fourth-order valence-electron chi connectivity index (χ4n) is 1.24. The van der Waals surface area contributed by atoms with Crippen LogP contribution in [0.4, 0.5) is 4.39 Å². The molecule has 1 unspecified atom stereocenters. The summed E-state index contributed by atoms with van der Waals surface area (Å²) in [4.78, 5) is 11.5. The van der Waals surface area contributed by atoms with Gasteiger partial charge < -0.3 is 10.2 Å². The highest BCUT2D eigenvalue weighted by molar-refractivity contribution is 8.00. The molecule has 1 atom stereocenters. The van der Waals surface area contributed by atoms with Crippen LogP contribution in [-0.4, -0.2) is 40.2 Å². The van der Waals surface area contributed by atoms with Crippen LogP contribution in [0.25, 0.3) is 0 Å². The molecule has 1 aromatic carbocycles. The third-order valence-electron chi connectivity index (χ3n) is 2.10. The summed E-state index contributed by atoms with van der Waals surface area (Å²) < 4.78 is 12.6. The Morgan fingerprint density at radius 1 is 1.35 bits per heavy atom. The van der Waals surface area contributed by atoms with Crippen LogP contribution < -0.4 is 0 Å². The van der Waals surface area contributed by atoms with E-state index in [1.165, 1.54) is 23.9 Å². The van der Waals surface area contributed by atoms with Crippen LogP contribution in [0.5, 0.6) is 0 Å². The van der Waals surface area contributed by atoms with Crippen molar-refractivity contribution >= 4 is 17.5 Å². The lowest BCUT2D eigenvalue weighted by molar-refractivity contribution is -0.116. The Bertz CT molecular complexity index is 353. The average molecular weight is 258 g/mol. The van der Waals surface area contributed by atoms with E-state index in [0.717, 1.165) is 5.56 Å². The van der Waals surface area contributed by atoms with Gasteiger partial charge in [0.2, 0.25) is 0 Å². The number of aliphatic hydroxyl groups excluding tert-OH is 2. The highest BCUT2D eigenvalue weighted by Gasteiger charge is 2.07. The summed E-state index contributed by atoms with van der Waals surface area (Å²) in [5.41, 5.74) is 0.778. The van der Waals surface area contributed by atoms with Crippen LogP contribution in [0, 0.1) is 5.82 Å².